The molecule has 0 N–H and O–H groups in total. The molecule has 0 aliphatic rings. The minimum Gasteiger partial charge on any atom is -0.455 e. The lowest BCUT2D eigenvalue weighted by Crippen LogP contribution is -2.09. The maximum Gasteiger partial charge on any atom is 0.143 e. The third-order valence-corrected chi connectivity index (χ3v) is 11.5. The van der Waals surface area contributed by atoms with Gasteiger partial charge in [0.1, 0.15) is 11.2 Å². The maximum atomic E-state index is 6.95. The number of rotatable bonds is 7. The molecule has 272 valence electrons. The monoisotopic (exact) mass is 739 g/mol. The van der Waals surface area contributed by atoms with E-state index < -0.39 is 0 Å². The van der Waals surface area contributed by atoms with Crippen molar-refractivity contribution in [2.45, 2.75) is 0 Å². The number of nitrogens with zero attached hydrogens (tertiary/aromatic N) is 1. The predicted molar refractivity (Wildman–Crippen MR) is 245 cm³/mol. The average molecular weight is 740 g/mol. The van der Waals surface area contributed by atoms with Gasteiger partial charge in [0.05, 0.1) is 0 Å². The first-order chi connectivity index (χ1) is 28.8. The first-order valence-electron chi connectivity index (χ1n) is 19.8. The predicted octanol–water partition coefficient (Wildman–Crippen LogP) is 16.0. The second-order valence-corrected chi connectivity index (χ2v) is 14.9. The lowest BCUT2D eigenvalue weighted by molar-refractivity contribution is 0.673. The van der Waals surface area contributed by atoms with Gasteiger partial charge in [0.2, 0.25) is 0 Å². The van der Waals surface area contributed by atoms with Crippen molar-refractivity contribution in [3.05, 3.63) is 224 Å². The van der Waals surface area contributed by atoms with Gasteiger partial charge in [-0.25, -0.2) is 0 Å². The van der Waals surface area contributed by atoms with Crippen molar-refractivity contribution in [1.29, 1.82) is 0 Å². The van der Waals surface area contributed by atoms with Crippen molar-refractivity contribution in [3.8, 4) is 44.5 Å². The highest BCUT2D eigenvalue weighted by Gasteiger charge is 2.21. The van der Waals surface area contributed by atoms with Gasteiger partial charge >= 0.3 is 0 Å². The van der Waals surface area contributed by atoms with Crippen LogP contribution in [0, 0.1) is 0 Å². The van der Waals surface area contributed by atoms with E-state index in [4.69, 9.17) is 4.42 Å². The minimum absolute atomic E-state index is 0.885. The molecule has 0 aliphatic heterocycles. The molecular formula is C56H37NO. The Morgan fingerprint density at radius 1 is 0.276 bits per heavy atom. The van der Waals surface area contributed by atoms with Crippen molar-refractivity contribution in [1.82, 2.24) is 0 Å². The number of anilines is 3. The molecule has 1 aromatic heterocycles. The van der Waals surface area contributed by atoms with Crippen LogP contribution in [0.2, 0.25) is 0 Å². The van der Waals surface area contributed by atoms with E-state index in [0.29, 0.717) is 0 Å². The largest absolute Gasteiger partial charge is 0.455 e. The molecule has 0 amide bonds. The van der Waals surface area contributed by atoms with Crippen LogP contribution in [0.4, 0.5) is 17.1 Å². The number of hydrogen-bond donors (Lipinski definition) is 0. The summed E-state index contributed by atoms with van der Waals surface area (Å²) in [5, 5.41) is 7.05. The third kappa shape index (κ3) is 5.82. The Labute approximate surface area is 337 Å². The molecule has 0 atom stereocenters. The van der Waals surface area contributed by atoms with Gasteiger partial charge in [0, 0.05) is 33.2 Å². The molecule has 0 bridgehead atoms. The number of fused-ring (bicyclic) bond motifs is 8. The van der Waals surface area contributed by atoms with Gasteiger partial charge in [-0.2, -0.15) is 0 Å². The summed E-state index contributed by atoms with van der Waals surface area (Å²) in [5.41, 5.74) is 14.4. The molecule has 11 aromatic rings. The zero-order valence-electron chi connectivity index (χ0n) is 31.7. The van der Waals surface area contributed by atoms with Gasteiger partial charge < -0.3 is 9.32 Å². The van der Waals surface area contributed by atoms with E-state index in [2.05, 4.69) is 229 Å². The highest BCUT2D eigenvalue weighted by Crippen LogP contribution is 2.46. The Morgan fingerprint density at radius 2 is 0.655 bits per heavy atom. The molecule has 2 nitrogen and oxygen atoms in total. The van der Waals surface area contributed by atoms with Gasteiger partial charge in [-0.15, -0.1) is 0 Å². The fourth-order valence-electron chi connectivity index (χ4n) is 8.66. The average Bonchev–Trinajstić information content (AvgIpc) is 3.71. The van der Waals surface area contributed by atoms with E-state index in [1.807, 2.05) is 0 Å². The van der Waals surface area contributed by atoms with E-state index in [1.54, 1.807) is 0 Å². The van der Waals surface area contributed by atoms with E-state index in [0.717, 1.165) is 66.6 Å². The Bertz CT molecular complexity index is 3140. The van der Waals surface area contributed by atoms with Crippen LogP contribution in [-0.4, -0.2) is 0 Å². The van der Waals surface area contributed by atoms with Crippen molar-refractivity contribution in [2.75, 3.05) is 4.90 Å². The second kappa shape index (κ2) is 14.1. The highest BCUT2D eigenvalue weighted by atomic mass is 16.3. The molecule has 58 heavy (non-hydrogen) atoms. The van der Waals surface area contributed by atoms with Crippen LogP contribution >= 0.6 is 0 Å². The van der Waals surface area contributed by atoms with Crippen LogP contribution in [-0.2, 0) is 0 Å². The molecule has 10 aromatic carbocycles. The van der Waals surface area contributed by atoms with Crippen LogP contribution in [0.3, 0.4) is 0 Å². The smallest absolute Gasteiger partial charge is 0.143 e. The molecule has 2 heteroatoms. The van der Waals surface area contributed by atoms with Crippen LogP contribution in [0.25, 0.3) is 88.0 Å². The lowest BCUT2D eigenvalue weighted by Gasteiger charge is -2.26. The summed E-state index contributed by atoms with van der Waals surface area (Å²) in [6.45, 7) is 0. The van der Waals surface area contributed by atoms with Gasteiger partial charge in [0.15, 0.2) is 0 Å². The maximum absolute atomic E-state index is 6.95. The Kier molecular flexibility index (Phi) is 8.19. The zero-order chi connectivity index (χ0) is 38.4. The number of furan rings is 1. The lowest BCUT2D eigenvalue weighted by atomic mass is 9.91. The quantitative estimate of drug-likeness (QED) is 0.151. The first-order valence-corrected chi connectivity index (χ1v) is 19.8. The van der Waals surface area contributed by atoms with Crippen molar-refractivity contribution in [3.63, 3.8) is 0 Å². The third-order valence-electron chi connectivity index (χ3n) is 11.5. The Hall–Kier alpha value is -7.68. The van der Waals surface area contributed by atoms with E-state index in [9.17, 15) is 0 Å². The van der Waals surface area contributed by atoms with Gasteiger partial charge in [-0.1, -0.05) is 176 Å². The summed E-state index contributed by atoms with van der Waals surface area (Å²) in [7, 11) is 0. The van der Waals surface area contributed by atoms with Crippen LogP contribution in [0.5, 0.6) is 0 Å². The molecule has 0 radical (unpaired) electrons. The van der Waals surface area contributed by atoms with Crippen LogP contribution in [0.1, 0.15) is 0 Å². The Balaban J connectivity index is 1.09. The SMILES string of the molecule is c1ccc(-c2ccc(N(c3ccc(-c4ccccc4)cc3)c3ccc(-c4cc(-c5ccccc5)cc5oc6c7ccccc7c7ccccc7c6c45)cc3)cc2)cc1. The van der Waals surface area contributed by atoms with Crippen molar-refractivity contribution < 1.29 is 4.42 Å². The summed E-state index contributed by atoms with van der Waals surface area (Å²) >= 11 is 0. The van der Waals surface area contributed by atoms with Crippen LogP contribution in [0.15, 0.2) is 229 Å². The molecule has 0 fully saturated rings. The second-order valence-electron chi connectivity index (χ2n) is 14.9. The summed E-state index contributed by atoms with van der Waals surface area (Å²) in [4.78, 5) is 2.34. The van der Waals surface area contributed by atoms with Crippen molar-refractivity contribution in [2.24, 2.45) is 0 Å². The van der Waals surface area contributed by atoms with E-state index >= 15 is 0 Å². The van der Waals surface area contributed by atoms with Gasteiger partial charge in [-0.3, -0.25) is 0 Å². The highest BCUT2D eigenvalue weighted by molar-refractivity contribution is 6.32. The summed E-state index contributed by atoms with van der Waals surface area (Å²) in [6.07, 6.45) is 0. The topological polar surface area (TPSA) is 16.4 Å². The summed E-state index contributed by atoms with van der Waals surface area (Å²) in [6, 6.07) is 80.4. The molecule has 0 saturated heterocycles. The normalized spacial score (nSPS) is 11.4. The molecule has 0 saturated carbocycles. The van der Waals surface area contributed by atoms with Crippen molar-refractivity contribution >= 4 is 60.5 Å². The molecule has 0 aliphatic carbocycles. The molecule has 0 unspecified atom stereocenters. The Morgan fingerprint density at radius 3 is 1.16 bits per heavy atom. The molecular weight excluding hydrogens is 703 g/mol. The van der Waals surface area contributed by atoms with E-state index in [-0.39, 0.29) is 0 Å². The standard InChI is InChI=1S/C56H37NO/c1-4-14-38(15-5-1)41-24-30-45(31-25-41)57(46-32-26-42(27-33-46)39-16-6-2-7-17-39)47-34-28-43(29-35-47)52-36-44(40-18-8-3-9-19-40)37-53-54(52)55-50-22-12-10-20-48(50)49-21-11-13-23-51(49)56(55)58-53/h1-37H. The minimum atomic E-state index is 0.885. The number of benzene rings is 10. The fraction of sp³-hybridized carbons (Fsp3) is 0. The molecule has 0 spiro atoms. The summed E-state index contributed by atoms with van der Waals surface area (Å²) < 4.78 is 6.95. The number of hydrogen-bond acceptors (Lipinski definition) is 2. The van der Waals surface area contributed by atoms with Gasteiger partial charge in [0.25, 0.3) is 0 Å². The van der Waals surface area contributed by atoms with E-state index in [1.165, 1.54) is 38.4 Å². The molecule has 1 heterocycles. The summed E-state index contributed by atoms with van der Waals surface area (Å²) in [5.74, 6) is 0. The fourth-order valence-corrected chi connectivity index (χ4v) is 8.66. The molecule has 11 rings (SSSR count). The van der Waals surface area contributed by atoms with Gasteiger partial charge in [-0.05, 0) is 109 Å². The van der Waals surface area contributed by atoms with Crippen LogP contribution < -0.4 is 4.90 Å². The first kappa shape index (κ1) is 33.6. The zero-order valence-corrected chi connectivity index (χ0v) is 31.7.